The van der Waals surface area contributed by atoms with Crippen molar-refractivity contribution in [3.63, 3.8) is 0 Å². The van der Waals surface area contributed by atoms with Gasteiger partial charge in [0.05, 0.1) is 19.2 Å². The molecule has 0 bridgehead atoms. The van der Waals surface area contributed by atoms with Crippen molar-refractivity contribution >= 4 is 23.3 Å². The fourth-order valence-corrected chi connectivity index (χ4v) is 2.07. The third-order valence-corrected chi connectivity index (χ3v) is 3.10. The van der Waals surface area contributed by atoms with Crippen molar-refractivity contribution in [1.82, 2.24) is 0 Å². The predicted molar refractivity (Wildman–Crippen MR) is 75.1 cm³/mol. The van der Waals surface area contributed by atoms with E-state index in [2.05, 4.69) is 10.1 Å². The number of nitrogens with one attached hydrogen (secondary N) is 1. The molecular formula is C14H18N2O4. The number of nitrogens with zero attached hydrogens (tertiary/aromatic N) is 1. The molecule has 1 amide bonds. The van der Waals surface area contributed by atoms with Gasteiger partial charge in [-0.15, -0.1) is 0 Å². The van der Waals surface area contributed by atoms with Crippen LogP contribution in [0, 0.1) is 0 Å². The Balaban J connectivity index is 2.08. The van der Waals surface area contributed by atoms with Gasteiger partial charge in [0.15, 0.2) is 6.61 Å². The summed E-state index contributed by atoms with van der Waals surface area (Å²) in [6, 6.07) is 5.54. The summed E-state index contributed by atoms with van der Waals surface area (Å²) in [5.74, 6) is 0.390. The Kier molecular flexibility index (Phi) is 4.45. The van der Waals surface area contributed by atoms with E-state index in [9.17, 15) is 9.59 Å². The Labute approximate surface area is 117 Å². The molecule has 1 aliphatic heterocycles. The first-order valence-electron chi connectivity index (χ1n) is 6.53. The third-order valence-electron chi connectivity index (χ3n) is 3.10. The van der Waals surface area contributed by atoms with Gasteiger partial charge in [0.25, 0.3) is 5.91 Å². The SMILES string of the molecule is CCN1C(=O)COc2ccc(NCCC(=O)OC)cc21. The average Bonchev–Trinajstić information content (AvgIpc) is 2.46. The van der Waals surface area contributed by atoms with Gasteiger partial charge in [-0.1, -0.05) is 0 Å². The van der Waals surface area contributed by atoms with E-state index in [4.69, 9.17) is 4.74 Å². The van der Waals surface area contributed by atoms with Gasteiger partial charge in [0.2, 0.25) is 0 Å². The van der Waals surface area contributed by atoms with E-state index in [0.717, 1.165) is 11.4 Å². The lowest BCUT2D eigenvalue weighted by atomic mass is 10.2. The highest BCUT2D eigenvalue weighted by Gasteiger charge is 2.24. The van der Waals surface area contributed by atoms with Gasteiger partial charge in [-0.2, -0.15) is 0 Å². The molecule has 1 aromatic carbocycles. The van der Waals surface area contributed by atoms with Crippen molar-refractivity contribution in [1.29, 1.82) is 0 Å². The van der Waals surface area contributed by atoms with E-state index in [1.807, 2.05) is 25.1 Å². The molecule has 6 nitrogen and oxygen atoms in total. The molecule has 2 rings (SSSR count). The largest absolute Gasteiger partial charge is 0.482 e. The minimum atomic E-state index is -0.260. The maximum absolute atomic E-state index is 11.8. The summed E-state index contributed by atoms with van der Waals surface area (Å²) in [6.45, 7) is 3.08. The fraction of sp³-hybridized carbons (Fsp3) is 0.429. The number of esters is 1. The summed E-state index contributed by atoms with van der Waals surface area (Å²) < 4.78 is 9.97. The molecule has 0 saturated heterocycles. The third kappa shape index (κ3) is 3.01. The number of anilines is 2. The predicted octanol–water partition coefficient (Wildman–Crippen LogP) is 1.41. The van der Waals surface area contributed by atoms with E-state index in [1.165, 1.54) is 7.11 Å². The molecule has 0 atom stereocenters. The van der Waals surface area contributed by atoms with E-state index in [-0.39, 0.29) is 18.5 Å². The number of carbonyl (C=O) groups is 2. The summed E-state index contributed by atoms with van der Waals surface area (Å²) in [5.41, 5.74) is 1.59. The van der Waals surface area contributed by atoms with Crippen LogP contribution in [0.1, 0.15) is 13.3 Å². The van der Waals surface area contributed by atoms with Crippen molar-refractivity contribution in [3.8, 4) is 5.75 Å². The second-order valence-electron chi connectivity index (χ2n) is 4.36. The lowest BCUT2D eigenvalue weighted by molar-refractivity contribution is -0.140. The Bertz CT molecular complexity index is 516. The van der Waals surface area contributed by atoms with Crippen molar-refractivity contribution in [2.75, 3.05) is 37.0 Å². The Morgan fingerprint density at radius 3 is 3.00 bits per heavy atom. The van der Waals surface area contributed by atoms with Crippen molar-refractivity contribution in [2.24, 2.45) is 0 Å². The molecule has 0 spiro atoms. The van der Waals surface area contributed by atoms with Crippen molar-refractivity contribution < 1.29 is 19.1 Å². The van der Waals surface area contributed by atoms with Gasteiger partial charge < -0.3 is 19.7 Å². The lowest BCUT2D eigenvalue weighted by Crippen LogP contribution is -2.38. The van der Waals surface area contributed by atoms with Crippen molar-refractivity contribution in [2.45, 2.75) is 13.3 Å². The minimum Gasteiger partial charge on any atom is -0.482 e. The van der Waals surface area contributed by atoms with Crippen LogP contribution in [0.5, 0.6) is 5.75 Å². The van der Waals surface area contributed by atoms with Gasteiger partial charge in [0.1, 0.15) is 5.75 Å². The van der Waals surface area contributed by atoms with Crippen LogP contribution in [0.2, 0.25) is 0 Å². The minimum absolute atomic E-state index is 0.0493. The molecular weight excluding hydrogens is 260 g/mol. The molecule has 108 valence electrons. The van der Waals surface area contributed by atoms with Gasteiger partial charge in [-0.3, -0.25) is 9.59 Å². The molecule has 0 aliphatic carbocycles. The first-order valence-corrected chi connectivity index (χ1v) is 6.53. The zero-order valence-corrected chi connectivity index (χ0v) is 11.6. The molecule has 0 unspecified atom stereocenters. The number of benzene rings is 1. The maximum atomic E-state index is 11.8. The summed E-state index contributed by atoms with van der Waals surface area (Å²) in [5, 5.41) is 3.13. The zero-order valence-electron chi connectivity index (χ0n) is 11.6. The first kappa shape index (κ1) is 14.2. The normalized spacial score (nSPS) is 13.5. The number of rotatable bonds is 5. The Morgan fingerprint density at radius 2 is 2.30 bits per heavy atom. The smallest absolute Gasteiger partial charge is 0.307 e. The molecule has 1 N–H and O–H groups in total. The summed E-state index contributed by atoms with van der Waals surface area (Å²) in [7, 11) is 1.36. The first-order chi connectivity index (χ1) is 9.65. The topological polar surface area (TPSA) is 67.9 Å². The molecule has 0 aromatic heterocycles. The highest BCUT2D eigenvalue weighted by atomic mass is 16.5. The monoisotopic (exact) mass is 278 g/mol. The summed E-state index contributed by atoms with van der Waals surface area (Å²) >= 11 is 0. The number of carbonyl (C=O) groups excluding carboxylic acids is 2. The molecule has 1 aromatic rings. The van der Waals surface area contributed by atoms with Gasteiger partial charge >= 0.3 is 5.97 Å². The van der Waals surface area contributed by atoms with E-state index < -0.39 is 0 Å². The Hall–Kier alpha value is -2.24. The maximum Gasteiger partial charge on any atom is 0.307 e. The number of hydrogen-bond acceptors (Lipinski definition) is 5. The number of amides is 1. The number of fused-ring (bicyclic) bond motifs is 1. The quantitative estimate of drug-likeness (QED) is 0.825. The lowest BCUT2D eigenvalue weighted by Gasteiger charge is -2.28. The van der Waals surface area contributed by atoms with Crippen LogP contribution in [-0.2, 0) is 14.3 Å². The fourth-order valence-electron chi connectivity index (χ4n) is 2.07. The molecule has 0 fully saturated rings. The van der Waals surface area contributed by atoms with Crippen LogP contribution in [0.15, 0.2) is 18.2 Å². The Morgan fingerprint density at radius 1 is 1.50 bits per heavy atom. The zero-order chi connectivity index (χ0) is 14.5. The molecule has 0 radical (unpaired) electrons. The average molecular weight is 278 g/mol. The number of methoxy groups -OCH3 is 1. The molecule has 6 heteroatoms. The highest BCUT2D eigenvalue weighted by Crippen LogP contribution is 2.34. The molecule has 20 heavy (non-hydrogen) atoms. The van der Waals surface area contributed by atoms with Gasteiger partial charge in [-0.25, -0.2) is 0 Å². The second-order valence-corrected chi connectivity index (χ2v) is 4.36. The van der Waals surface area contributed by atoms with Gasteiger partial charge in [-0.05, 0) is 25.1 Å². The van der Waals surface area contributed by atoms with Crippen LogP contribution in [0.4, 0.5) is 11.4 Å². The summed E-state index contributed by atoms with van der Waals surface area (Å²) in [4.78, 5) is 24.5. The van der Waals surface area contributed by atoms with Crippen LogP contribution in [0.25, 0.3) is 0 Å². The van der Waals surface area contributed by atoms with E-state index in [1.54, 1.807) is 4.90 Å². The van der Waals surface area contributed by atoms with E-state index >= 15 is 0 Å². The molecule has 1 heterocycles. The highest BCUT2D eigenvalue weighted by molar-refractivity contribution is 5.98. The molecule has 0 saturated carbocycles. The summed E-state index contributed by atoms with van der Waals surface area (Å²) in [6.07, 6.45) is 0.292. The second kappa shape index (κ2) is 6.27. The van der Waals surface area contributed by atoms with Crippen molar-refractivity contribution in [3.05, 3.63) is 18.2 Å². The number of hydrogen-bond donors (Lipinski definition) is 1. The van der Waals surface area contributed by atoms with E-state index in [0.29, 0.717) is 25.3 Å². The van der Waals surface area contributed by atoms with Crippen LogP contribution in [0.3, 0.4) is 0 Å². The number of ether oxygens (including phenoxy) is 2. The molecule has 1 aliphatic rings. The number of likely N-dealkylation sites (N-methyl/N-ethyl adjacent to an activating group) is 1. The van der Waals surface area contributed by atoms with Crippen LogP contribution >= 0.6 is 0 Å². The standard InChI is InChI=1S/C14H18N2O4/c1-3-16-11-8-10(15-7-6-14(18)19-2)4-5-12(11)20-9-13(16)17/h4-5,8,15H,3,6-7,9H2,1-2H3. The van der Waals surface area contributed by atoms with Gasteiger partial charge in [0, 0.05) is 18.8 Å². The van der Waals surface area contributed by atoms with Crippen LogP contribution < -0.4 is 15.0 Å². The van der Waals surface area contributed by atoms with Crippen LogP contribution in [-0.4, -0.2) is 38.7 Å².